The lowest BCUT2D eigenvalue weighted by atomic mass is 9.73. The predicted molar refractivity (Wildman–Crippen MR) is 148 cm³/mol. The summed E-state index contributed by atoms with van der Waals surface area (Å²) < 4.78 is 11.4. The number of hydrogen-bond donors (Lipinski definition) is 0. The number of nitrogens with zero attached hydrogens (tertiary/aromatic N) is 6. The number of fused-ring (bicyclic) bond motifs is 1. The van der Waals surface area contributed by atoms with Gasteiger partial charge in [0.25, 0.3) is 5.78 Å². The molecule has 0 aromatic carbocycles. The maximum atomic E-state index is 13.2. The number of carbonyl (C=O) groups is 1. The fourth-order valence-electron chi connectivity index (χ4n) is 5.15. The van der Waals surface area contributed by atoms with Gasteiger partial charge in [0, 0.05) is 36.6 Å². The molecular formula is C28H34N6O3S. The van der Waals surface area contributed by atoms with Crippen molar-refractivity contribution in [2.75, 3.05) is 34.8 Å². The van der Waals surface area contributed by atoms with E-state index in [0.717, 1.165) is 49.1 Å². The molecule has 0 radical (unpaired) electrons. The number of thiophene rings is 1. The van der Waals surface area contributed by atoms with Gasteiger partial charge < -0.3 is 14.4 Å². The van der Waals surface area contributed by atoms with Gasteiger partial charge in [-0.2, -0.15) is 15.2 Å². The minimum Gasteiger partial charge on any atom is -0.481 e. The Bertz CT molecular complexity index is 1330. The standard InChI is InChI=1S/C28H34N6O3S/c1-18(21-9-8-14-34(21)5)37-27-31-20(15-24(32-27)36-6)22(35)11-13-28(2)12-7-10-23-25(28)19(16-29)26(38-23)30-17-33(3)4/h15,17-18,21H,7-10,12,14H2,1-6H3/b30-17+/t18-,21-,28?/m0/s1. The highest BCUT2D eigenvalue weighted by molar-refractivity contribution is 7.16. The van der Waals surface area contributed by atoms with Crippen LogP contribution < -0.4 is 9.47 Å². The van der Waals surface area contributed by atoms with Gasteiger partial charge >= 0.3 is 6.01 Å². The largest absolute Gasteiger partial charge is 0.481 e. The first-order chi connectivity index (χ1) is 18.1. The van der Waals surface area contributed by atoms with Crippen LogP contribution in [0.1, 0.15) is 66.0 Å². The summed E-state index contributed by atoms with van der Waals surface area (Å²) in [5.74, 6) is 5.80. The molecule has 0 spiro atoms. The van der Waals surface area contributed by atoms with E-state index >= 15 is 0 Å². The fourth-order valence-corrected chi connectivity index (χ4v) is 6.41. The normalized spacial score (nSPS) is 21.8. The highest BCUT2D eigenvalue weighted by Gasteiger charge is 2.36. The molecule has 9 nitrogen and oxygen atoms in total. The first-order valence-electron chi connectivity index (χ1n) is 12.8. The number of rotatable bonds is 7. The molecule has 3 atom stereocenters. The van der Waals surface area contributed by atoms with E-state index in [1.165, 1.54) is 24.5 Å². The van der Waals surface area contributed by atoms with Crippen molar-refractivity contribution in [2.24, 2.45) is 4.99 Å². The van der Waals surface area contributed by atoms with Crippen LogP contribution in [0.25, 0.3) is 0 Å². The zero-order valence-electron chi connectivity index (χ0n) is 22.9. The lowest BCUT2D eigenvalue weighted by Gasteiger charge is -2.29. The van der Waals surface area contributed by atoms with E-state index in [2.05, 4.69) is 44.8 Å². The summed E-state index contributed by atoms with van der Waals surface area (Å²) in [7, 11) is 7.34. The van der Waals surface area contributed by atoms with Gasteiger partial charge in [0.1, 0.15) is 22.9 Å². The molecular weight excluding hydrogens is 500 g/mol. The summed E-state index contributed by atoms with van der Waals surface area (Å²) in [5, 5.41) is 10.7. The van der Waals surface area contributed by atoms with Crippen LogP contribution in [0.5, 0.6) is 11.9 Å². The number of methoxy groups -OCH3 is 1. The number of aryl methyl sites for hydroxylation is 1. The van der Waals surface area contributed by atoms with Crippen molar-refractivity contribution in [3.8, 4) is 29.8 Å². The Kier molecular flexibility index (Phi) is 8.35. The number of likely N-dealkylation sites (tertiary alicyclic amines) is 1. The summed E-state index contributed by atoms with van der Waals surface area (Å²) in [6, 6.07) is 4.17. The number of ether oxygens (including phenoxy) is 2. The Morgan fingerprint density at radius 3 is 2.84 bits per heavy atom. The maximum absolute atomic E-state index is 13.2. The Morgan fingerprint density at radius 1 is 1.39 bits per heavy atom. The zero-order valence-corrected chi connectivity index (χ0v) is 23.7. The highest BCUT2D eigenvalue weighted by atomic mass is 32.1. The van der Waals surface area contributed by atoms with Crippen molar-refractivity contribution in [2.45, 2.75) is 63.5 Å². The van der Waals surface area contributed by atoms with Crippen molar-refractivity contribution in [3.05, 3.63) is 27.8 Å². The number of likely N-dealkylation sites (N-methyl/N-ethyl adjacent to an activating group) is 1. The first kappa shape index (κ1) is 27.6. The summed E-state index contributed by atoms with van der Waals surface area (Å²) in [6.07, 6.45) is 6.24. The lowest BCUT2D eigenvalue weighted by Crippen LogP contribution is -2.38. The molecule has 1 fully saturated rings. The topological polar surface area (TPSA) is 104 Å². The molecule has 200 valence electrons. The minimum atomic E-state index is -0.644. The average Bonchev–Trinajstić information content (AvgIpc) is 3.49. The molecule has 38 heavy (non-hydrogen) atoms. The number of aliphatic imine (C=N–C) groups is 1. The average molecular weight is 535 g/mol. The van der Waals surface area contributed by atoms with E-state index < -0.39 is 11.2 Å². The van der Waals surface area contributed by atoms with Crippen molar-refractivity contribution in [1.29, 1.82) is 5.26 Å². The van der Waals surface area contributed by atoms with Gasteiger partial charge in [-0.25, -0.2) is 4.99 Å². The van der Waals surface area contributed by atoms with Crippen LogP contribution in [0, 0.1) is 23.2 Å². The second kappa shape index (κ2) is 11.5. The molecule has 2 aromatic rings. The number of hydrogen-bond acceptors (Lipinski definition) is 9. The third-order valence-corrected chi connectivity index (χ3v) is 8.26. The number of aromatic nitrogens is 2. The van der Waals surface area contributed by atoms with E-state index in [1.807, 2.05) is 32.8 Å². The molecule has 4 rings (SSSR count). The van der Waals surface area contributed by atoms with E-state index in [9.17, 15) is 10.1 Å². The third kappa shape index (κ3) is 5.82. The predicted octanol–water partition coefficient (Wildman–Crippen LogP) is 3.98. The summed E-state index contributed by atoms with van der Waals surface area (Å²) >= 11 is 1.53. The molecule has 1 aliphatic carbocycles. The van der Waals surface area contributed by atoms with Crippen molar-refractivity contribution in [3.63, 3.8) is 0 Å². The van der Waals surface area contributed by atoms with Gasteiger partial charge in [0.2, 0.25) is 5.88 Å². The summed E-state index contributed by atoms with van der Waals surface area (Å²) in [5.41, 5.74) is 0.904. The van der Waals surface area contributed by atoms with E-state index in [-0.39, 0.29) is 29.7 Å². The summed E-state index contributed by atoms with van der Waals surface area (Å²) in [6.45, 7) is 5.01. The van der Waals surface area contributed by atoms with Crippen molar-refractivity contribution in [1.82, 2.24) is 19.8 Å². The van der Waals surface area contributed by atoms with Gasteiger partial charge in [0.15, 0.2) is 0 Å². The molecule has 0 bridgehead atoms. The lowest BCUT2D eigenvalue weighted by molar-refractivity contribution is 0.102. The van der Waals surface area contributed by atoms with Gasteiger partial charge in [0.05, 0.1) is 24.4 Å². The van der Waals surface area contributed by atoms with Crippen LogP contribution in [0.2, 0.25) is 0 Å². The second-order valence-electron chi connectivity index (χ2n) is 10.3. The van der Waals surface area contributed by atoms with Crippen molar-refractivity contribution >= 4 is 28.5 Å². The Morgan fingerprint density at radius 2 is 2.18 bits per heavy atom. The Hall–Kier alpha value is -3.47. The smallest absolute Gasteiger partial charge is 0.320 e. The van der Waals surface area contributed by atoms with Gasteiger partial charge in [-0.15, -0.1) is 11.3 Å². The molecule has 2 aliphatic rings. The molecule has 10 heteroatoms. The fraction of sp³-hybridized carbons (Fsp3) is 0.536. The number of carbonyl (C=O) groups excluding carboxylic acids is 1. The summed E-state index contributed by atoms with van der Waals surface area (Å²) in [4.78, 5) is 31.6. The molecule has 0 amide bonds. The SMILES string of the molecule is COc1cc(C(=O)C#CC2(C)CCCc3sc(/N=C/N(C)C)c(C#N)c32)nc(O[C@@H](C)[C@@H]2CCCN2C)n1. The molecule has 1 saturated heterocycles. The number of ketones is 1. The third-order valence-electron chi connectivity index (χ3n) is 7.10. The molecule has 0 N–H and O–H groups in total. The van der Waals surface area contributed by atoms with Crippen LogP contribution in [-0.4, -0.2) is 78.8 Å². The van der Waals surface area contributed by atoms with E-state index in [1.54, 1.807) is 6.34 Å². The number of Topliss-reactive ketones (excluding diaryl/α,β-unsaturated/α-hetero) is 1. The first-order valence-corrected chi connectivity index (χ1v) is 13.6. The number of nitriles is 1. The quantitative estimate of drug-likeness (QED) is 0.173. The minimum absolute atomic E-state index is 0.0986. The van der Waals surface area contributed by atoms with Crippen molar-refractivity contribution < 1.29 is 14.3 Å². The van der Waals surface area contributed by atoms with Gasteiger partial charge in [-0.05, 0) is 65.5 Å². The zero-order chi connectivity index (χ0) is 27.4. The monoisotopic (exact) mass is 534 g/mol. The molecule has 1 unspecified atom stereocenters. The molecule has 2 aromatic heterocycles. The van der Waals surface area contributed by atoms with Crippen LogP contribution in [0.15, 0.2) is 11.1 Å². The Balaban J connectivity index is 1.62. The van der Waals surface area contributed by atoms with Crippen LogP contribution in [0.4, 0.5) is 5.00 Å². The molecule has 0 saturated carbocycles. The molecule has 1 aliphatic heterocycles. The second-order valence-corrected chi connectivity index (χ2v) is 11.3. The highest BCUT2D eigenvalue weighted by Crippen LogP contribution is 2.47. The van der Waals surface area contributed by atoms with Crippen LogP contribution in [0.3, 0.4) is 0 Å². The van der Waals surface area contributed by atoms with Crippen LogP contribution in [-0.2, 0) is 11.8 Å². The molecule has 3 heterocycles. The maximum Gasteiger partial charge on any atom is 0.320 e. The van der Waals surface area contributed by atoms with Gasteiger partial charge in [-0.3, -0.25) is 9.69 Å². The Labute approximate surface area is 228 Å². The van der Waals surface area contributed by atoms with Gasteiger partial charge in [-0.1, -0.05) is 5.92 Å². The van der Waals surface area contributed by atoms with E-state index in [0.29, 0.717) is 10.6 Å². The van der Waals surface area contributed by atoms with E-state index in [4.69, 9.17) is 9.47 Å². The van der Waals surface area contributed by atoms with Crippen LogP contribution >= 0.6 is 11.3 Å².